The van der Waals surface area contributed by atoms with E-state index in [1.54, 1.807) is 16.4 Å². The highest BCUT2D eigenvalue weighted by Gasteiger charge is 2.50. The van der Waals surface area contributed by atoms with Gasteiger partial charge in [0.15, 0.2) is 0 Å². The van der Waals surface area contributed by atoms with Gasteiger partial charge in [-0.15, -0.1) is 0 Å². The highest BCUT2D eigenvalue weighted by molar-refractivity contribution is 7.89. The van der Waals surface area contributed by atoms with Crippen molar-refractivity contribution in [2.24, 2.45) is 5.92 Å². The van der Waals surface area contributed by atoms with Gasteiger partial charge in [0.1, 0.15) is 0 Å². The van der Waals surface area contributed by atoms with Gasteiger partial charge in [0, 0.05) is 25.2 Å². The lowest BCUT2D eigenvalue weighted by Gasteiger charge is -2.44. The van der Waals surface area contributed by atoms with Crippen molar-refractivity contribution < 1.29 is 13.5 Å². The molecule has 0 radical (unpaired) electrons. The van der Waals surface area contributed by atoms with Crippen LogP contribution in [0.15, 0.2) is 77.7 Å². The summed E-state index contributed by atoms with van der Waals surface area (Å²) in [6.45, 7) is 2.29. The first-order valence-corrected chi connectivity index (χ1v) is 12.5. The molecule has 166 valence electrons. The number of aliphatic hydroxyl groups is 1. The molecule has 3 aromatic carbocycles. The van der Waals surface area contributed by atoms with Gasteiger partial charge in [-0.2, -0.15) is 4.31 Å². The maximum atomic E-state index is 13.8. The van der Waals surface area contributed by atoms with E-state index in [0.717, 1.165) is 34.4 Å². The van der Waals surface area contributed by atoms with Gasteiger partial charge in [-0.1, -0.05) is 54.6 Å². The molecule has 32 heavy (non-hydrogen) atoms. The van der Waals surface area contributed by atoms with Gasteiger partial charge in [-0.3, -0.25) is 0 Å². The number of hydrogen-bond donors (Lipinski definition) is 1. The molecule has 0 bridgehead atoms. The van der Waals surface area contributed by atoms with Crippen molar-refractivity contribution in [1.82, 2.24) is 4.31 Å². The van der Waals surface area contributed by atoms with Crippen LogP contribution in [0.3, 0.4) is 0 Å². The van der Waals surface area contributed by atoms with E-state index in [0.29, 0.717) is 11.4 Å². The number of benzene rings is 3. The lowest BCUT2D eigenvalue weighted by atomic mass is 9.81. The van der Waals surface area contributed by atoms with Crippen LogP contribution in [-0.2, 0) is 10.0 Å². The zero-order valence-electron chi connectivity index (χ0n) is 18.3. The maximum Gasteiger partial charge on any atom is 0.243 e. The van der Waals surface area contributed by atoms with E-state index >= 15 is 0 Å². The van der Waals surface area contributed by atoms with Crippen LogP contribution in [0.2, 0.25) is 0 Å². The summed E-state index contributed by atoms with van der Waals surface area (Å²) in [4.78, 5) is 2.48. The van der Waals surface area contributed by atoms with Gasteiger partial charge in [0.2, 0.25) is 10.0 Å². The fourth-order valence-electron chi connectivity index (χ4n) is 5.46. The monoisotopic (exact) mass is 448 g/mol. The van der Waals surface area contributed by atoms with E-state index < -0.39 is 10.0 Å². The van der Waals surface area contributed by atoms with E-state index in [1.807, 2.05) is 44.3 Å². The summed E-state index contributed by atoms with van der Waals surface area (Å²) in [6, 6.07) is 23.2. The zero-order valence-corrected chi connectivity index (χ0v) is 19.2. The molecule has 3 atom stereocenters. The predicted molar refractivity (Wildman–Crippen MR) is 127 cm³/mol. The van der Waals surface area contributed by atoms with Crippen molar-refractivity contribution in [3.05, 3.63) is 83.9 Å². The SMILES string of the molecule is Cc1ccccc1S(=O)(=O)N1CC[C@@H]2[C@@H](CO)N(C)c3ccc(-c4ccccc4)cc3[C@@H]21. The van der Waals surface area contributed by atoms with E-state index in [1.165, 1.54) is 0 Å². The van der Waals surface area contributed by atoms with Gasteiger partial charge in [0.05, 0.1) is 23.6 Å². The highest BCUT2D eigenvalue weighted by Crippen LogP contribution is 2.51. The van der Waals surface area contributed by atoms with Gasteiger partial charge >= 0.3 is 0 Å². The highest BCUT2D eigenvalue weighted by atomic mass is 32.2. The molecule has 1 saturated heterocycles. The molecular formula is C26H28N2O3S. The molecule has 0 spiro atoms. The Labute approximate surface area is 190 Å². The molecule has 0 unspecified atom stereocenters. The quantitative estimate of drug-likeness (QED) is 0.649. The molecule has 5 nitrogen and oxygen atoms in total. The molecule has 0 aromatic heterocycles. The third kappa shape index (κ3) is 3.25. The van der Waals surface area contributed by atoms with E-state index in [2.05, 4.69) is 35.2 Å². The van der Waals surface area contributed by atoms with Gasteiger partial charge in [-0.05, 0) is 53.8 Å². The molecule has 2 aliphatic heterocycles. The Bertz CT molecular complexity index is 1240. The van der Waals surface area contributed by atoms with Crippen LogP contribution in [0.4, 0.5) is 5.69 Å². The van der Waals surface area contributed by atoms with Crippen LogP contribution >= 0.6 is 0 Å². The molecule has 5 rings (SSSR count). The fourth-order valence-corrected chi connectivity index (χ4v) is 7.36. The first-order valence-electron chi connectivity index (χ1n) is 11.0. The van der Waals surface area contributed by atoms with Gasteiger partial charge in [-0.25, -0.2) is 8.42 Å². The minimum absolute atomic E-state index is 0.00417. The number of aliphatic hydroxyl groups excluding tert-OH is 1. The molecule has 3 aromatic rings. The summed E-state index contributed by atoms with van der Waals surface area (Å²) >= 11 is 0. The fraction of sp³-hybridized carbons (Fsp3) is 0.308. The van der Waals surface area contributed by atoms with Gasteiger partial charge < -0.3 is 10.0 Å². The Morgan fingerprint density at radius 1 is 0.969 bits per heavy atom. The second-order valence-electron chi connectivity index (χ2n) is 8.78. The van der Waals surface area contributed by atoms with E-state index in [4.69, 9.17) is 0 Å². The first kappa shape index (κ1) is 21.2. The minimum atomic E-state index is -3.68. The Morgan fingerprint density at radius 3 is 2.41 bits per heavy atom. The summed E-state index contributed by atoms with van der Waals surface area (Å²) in [5.74, 6) is 0.0299. The molecule has 1 fully saturated rings. The predicted octanol–water partition coefficient (Wildman–Crippen LogP) is 4.22. The third-order valence-corrected chi connectivity index (χ3v) is 9.13. The summed E-state index contributed by atoms with van der Waals surface area (Å²) in [6.07, 6.45) is 0.723. The van der Waals surface area contributed by atoms with Crippen LogP contribution in [0.25, 0.3) is 11.1 Å². The largest absolute Gasteiger partial charge is 0.394 e. The normalized spacial score (nSPS) is 23.1. The van der Waals surface area contributed by atoms with Crippen molar-refractivity contribution in [3.8, 4) is 11.1 Å². The number of sulfonamides is 1. The van der Waals surface area contributed by atoms with Gasteiger partial charge in [0.25, 0.3) is 0 Å². The summed E-state index contributed by atoms with van der Waals surface area (Å²) in [5, 5.41) is 10.2. The molecule has 0 amide bonds. The number of fused-ring (bicyclic) bond motifs is 3. The van der Waals surface area contributed by atoms with Crippen LogP contribution in [0.1, 0.15) is 23.6 Å². The second kappa shape index (κ2) is 8.03. The lowest BCUT2D eigenvalue weighted by Crippen LogP contribution is -2.48. The Kier molecular flexibility index (Phi) is 5.32. The summed E-state index contributed by atoms with van der Waals surface area (Å²) in [7, 11) is -1.68. The van der Waals surface area contributed by atoms with Crippen molar-refractivity contribution >= 4 is 15.7 Å². The van der Waals surface area contributed by atoms with E-state index in [-0.39, 0.29) is 24.6 Å². The third-order valence-electron chi connectivity index (χ3n) is 7.09. The standard InChI is InChI=1S/C26H28N2O3S/c1-18-8-6-7-11-25(18)32(30,31)28-15-14-21-24(17-29)27(2)23-13-12-20(16-22(23)26(21)28)19-9-4-3-5-10-19/h3-13,16,21,24,26,29H,14-15,17H2,1-2H3/t21-,24-,26-/m1/s1. The number of aryl methyl sites for hydroxylation is 1. The molecule has 6 heteroatoms. The summed E-state index contributed by atoms with van der Waals surface area (Å²) < 4.78 is 29.3. The Balaban J connectivity index is 1.66. The number of rotatable bonds is 4. The average molecular weight is 449 g/mol. The van der Waals surface area contributed by atoms with Crippen molar-refractivity contribution in [1.29, 1.82) is 0 Å². The Hall–Kier alpha value is -2.67. The van der Waals surface area contributed by atoms with Crippen molar-refractivity contribution in [2.45, 2.75) is 30.3 Å². The smallest absolute Gasteiger partial charge is 0.243 e. The summed E-state index contributed by atoms with van der Waals surface area (Å²) in [5.41, 5.74) is 4.92. The Morgan fingerprint density at radius 2 is 1.69 bits per heavy atom. The first-order chi connectivity index (χ1) is 15.4. The lowest BCUT2D eigenvalue weighted by molar-refractivity contribution is 0.193. The molecule has 1 N–H and O–H groups in total. The van der Waals surface area contributed by atoms with E-state index in [9.17, 15) is 13.5 Å². The van der Waals surface area contributed by atoms with Crippen LogP contribution in [-0.4, -0.2) is 44.1 Å². The molecule has 0 aliphatic carbocycles. The van der Waals surface area contributed by atoms with Crippen LogP contribution in [0, 0.1) is 12.8 Å². The number of anilines is 1. The number of likely N-dealkylation sites (N-methyl/N-ethyl adjacent to an activating group) is 1. The molecule has 2 aliphatic rings. The molecule has 2 heterocycles. The molecular weight excluding hydrogens is 420 g/mol. The average Bonchev–Trinajstić information content (AvgIpc) is 3.26. The minimum Gasteiger partial charge on any atom is -0.394 e. The number of nitrogens with zero attached hydrogens (tertiary/aromatic N) is 2. The number of hydrogen-bond acceptors (Lipinski definition) is 4. The van der Waals surface area contributed by atoms with Crippen LogP contribution in [0.5, 0.6) is 0 Å². The second-order valence-corrected chi connectivity index (χ2v) is 10.6. The zero-order chi connectivity index (χ0) is 22.5. The molecule has 0 saturated carbocycles. The van der Waals surface area contributed by atoms with Crippen molar-refractivity contribution in [2.75, 3.05) is 25.1 Å². The maximum absolute atomic E-state index is 13.8. The topological polar surface area (TPSA) is 60.9 Å². The van der Waals surface area contributed by atoms with Crippen LogP contribution < -0.4 is 4.90 Å². The van der Waals surface area contributed by atoms with Crippen molar-refractivity contribution in [3.63, 3.8) is 0 Å².